The first kappa shape index (κ1) is 21.0. The van der Waals surface area contributed by atoms with Gasteiger partial charge in [0.15, 0.2) is 0 Å². The molecule has 1 amide bonds. The van der Waals surface area contributed by atoms with E-state index >= 15 is 0 Å². The molecule has 2 saturated heterocycles. The average molecular weight is 409 g/mol. The van der Waals surface area contributed by atoms with Gasteiger partial charge in [0.2, 0.25) is 5.91 Å². The molecule has 2 aliphatic rings. The van der Waals surface area contributed by atoms with Crippen LogP contribution in [0.5, 0.6) is 0 Å². The van der Waals surface area contributed by atoms with Crippen LogP contribution in [0.2, 0.25) is 0 Å². The first-order valence-electron chi connectivity index (χ1n) is 11.1. The Morgan fingerprint density at radius 3 is 2.23 bits per heavy atom. The van der Waals surface area contributed by atoms with Crippen LogP contribution in [-0.2, 0) is 14.3 Å². The maximum Gasteiger partial charge on any atom is 0.227 e. The second-order valence-electron chi connectivity index (χ2n) is 8.15. The number of hydrogen-bond acceptors (Lipinski definition) is 4. The molecule has 2 aliphatic heterocycles. The largest absolute Gasteiger partial charge is 0.378 e. The van der Waals surface area contributed by atoms with Gasteiger partial charge in [-0.1, -0.05) is 60.7 Å². The molecular formula is C25H32N2O3. The summed E-state index contributed by atoms with van der Waals surface area (Å²) in [5, 5.41) is 0. The number of amides is 1. The van der Waals surface area contributed by atoms with Crippen LogP contribution in [0.15, 0.2) is 60.7 Å². The van der Waals surface area contributed by atoms with Crippen LogP contribution in [0, 0.1) is 5.92 Å². The van der Waals surface area contributed by atoms with E-state index in [4.69, 9.17) is 9.47 Å². The van der Waals surface area contributed by atoms with Gasteiger partial charge in [-0.2, -0.15) is 0 Å². The number of carbonyl (C=O) groups is 1. The Bertz CT molecular complexity index is 738. The van der Waals surface area contributed by atoms with Gasteiger partial charge < -0.3 is 19.3 Å². The summed E-state index contributed by atoms with van der Waals surface area (Å²) in [6.45, 7) is 6.16. The smallest absolute Gasteiger partial charge is 0.227 e. The summed E-state index contributed by atoms with van der Waals surface area (Å²) in [7, 11) is 0. The van der Waals surface area contributed by atoms with Gasteiger partial charge >= 0.3 is 0 Å². The van der Waals surface area contributed by atoms with E-state index in [2.05, 4.69) is 53.4 Å². The molecule has 5 heteroatoms. The third-order valence-electron chi connectivity index (χ3n) is 6.07. The second kappa shape index (κ2) is 10.7. The minimum Gasteiger partial charge on any atom is -0.378 e. The highest BCUT2D eigenvalue weighted by molar-refractivity contribution is 5.79. The van der Waals surface area contributed by atoms with Crippen LogP contribution in [0.25, 0.3) is 0 Å². The Labute approximate surface area is 179 Å². The zero-order chi connectivity index (χ0) is 20.6. The van der Waals surface area contributed by atoms with E-state index in [0.29, 0.717) is 25.7 Å². The molecule has 4 rings (SSSR count). The molecule has 1 unspecified atom stereocenters. The fourth-order valence-electron chi connectivity index (χ4n) is 4.44. The van der Waals surface area contributed by atoms with Crippen molar-refractivity contribution in [1.82, 2.24) is 9.80 Å². The molecule has 1 atom stereocenters. The summed E-state index contributed by atoms with van der Waals surface area (Å²) in [6, 6.07) is 20.8. The number of likely N-dealkylation sites (tertiary alicyclic amines) is 1. The SMILES string of the molecule is O=C(C1CCCN(CCOC(c2ccccc2)c2ccccc2)C1)N1CCOCC1. The predicted octanol–water partition coefficient (Wildman–Crippen LogP) is 3.36. The Balaban J connectivity index is 1.32. The highest BCUT2D eigenvalue weighted by Gasteiger charge is 2.30. The fourth-order valence-corrected chi connectivity index (χ4v) is 4.44. The van der Waals surface area contributed by atoms with Gasteiger partial charge in [0.05, 0.1) is 25.7 Å². The normalized spacial score (nSPS) is 20.4. The monoisotopic (exact) mass is 408 g/mol. The van der Waals surface area contributed by atoms with Crippen LogP contribution in [0.3, 0.4) is 0 Å². The molecule has 2 aromatic carbocycles. The number of piperidine rings is 1. The first-order valence-corrected chi connectivity index (χ1v) is 11.1. The molecule has 5 nitrogen and oxygen atoms in total. The van der Waals surface area contributed by atoms with E-state index in [1.165, 1.54) is 11.1 Å². The van der Waals surface area contributed by atoms with E-state index in [1.807, 2.05) is 17.0 Å². The number of rotatable bonds is 7. The molecule has 0 spiro atoms. The molecular weight excluding hydrogens is 376 g/mol. The van der Waals surface area contributed by atoms with E-state index in [0.717, 1.165) is 45.6 Å². The highest BCUT2D eigenvalue weighted by atomic mass is 16.5. The zero-order valence-electron chi connectivity index (χ0n) is 17.6. The minimum absolute atomic E-state index is 0.0667. The topological polar surface area (TPSA) is 42.0 Å². The summed E-state index contributed by atoms with van der Waals surface area (Å²) < 4.78 is 11.8. The zero-order valence-corrected chi connectivity index (χ0v) is 17.6. The molecule has 0 radical (unpaired) electrons. The minimum atomic E-state index is -0.0667. The van der Waals surface area contributed by atoms with Crippen LogP contribution in [-0.4, -0.2) is 68.3 Å². The number of benzene rings is 2. The predicted molar refractivity (Wildman–Crippen MR) is 117 cm³/mol. The van der Waals surface area contributed by atoms with Crippen LogP contribution in [0.1, 0.15) is 30.1 Å². The van der Waals surface area contributed by atoms with Crippen molar-refractivity contribution in [2.45, 2.75) is 18.9 Å². The standard InChI is InChI=1S/C25H32N2O3/c28-25(27-15-17-29-18-16-27)23-12-7-13-26(20-23)14-19-30-24(21-8-3-1-4-9-21)22-10-5-2-6-11-22/h1-6,8-11,23-24H,7,12-20H2. The number of carbonyl (C=O) groups excluding carboxylic acids is 1. The third kappa shape index (κ3) is 5.48. The lowest BCUT2D eigenvalue weighted by Gasteiger charge is -2.36. The average Bonchev–Trinajstić information content (AvgIpc) is 2.83. The van der Waals surface area contributed by atoms with Gasteiger partial charge in [-0.3, -0.25) is 4.79 Å². The van der Waals surface area contributed by atoms with Crippen LogP contribution < -0.4 is 0 Å². The van der Waals surface area contributed by atoms with Gasteiger partial charge in [-0.05, 0) is 30.5 Å². The molecule has 2 aromatic rings. The van der Waals surface area contributed by atoms with Gasteiger partial charge in [0.25, 0.3) is 0 Å². The van der Waals surface area contributed by atoms with Gasteiger partial charge in [0, 0.05) is 26.2 Å². The highest BCUT2D eigenvalue weighted by Crippen LogP contribution is 2.26. The van der Waals surface area contributed by atoms with Crippen molar-refractivity contribution < 1.29 is 14.3 Å². The van der Waals surface area contributed by atoms with E-state index in [9.17, 15) is 4.79 Å². The number of hydrogen-bond donors (Lipinski definition) is 0. The second-order valence-corrected chi connectivity index (χ2v) is 8.15. The van der Waals surface area contributed by atoms with Crippen molar-refractivity contribution in [3.63, 3.8) is 0 Å². The van der Waals surface area contributed by atoms with Crippen molar-refractivity contribution in [1.29, 1.82) is 0 Å². The van der Waals surface area contributed by atoms with Crippen molar-refractivity contribution in [2.24, 2.45) is 5.92 Å². The number of morpholine rings is 1. The summed E-state index contributed by atoms with van der Waals surface area (Å²) in [6.07, 6.45) is 1.99. The Morgan fingerprint density at radius 2 is 1.60 bits per heavy atom. The molecule has 0 aliphatic carbocycles. The lowest BCUT2D eigenvalue weighted by atomic mass is 9.96. The fraction of sp³-hybridized carbons (Fsp3) is 0.480. The van der Waals surface area contributed by atoms with Crippen molar-refractivity contribution >= 4 is 5.91 Å². The molecule has 0 N–H and O–H groups in total. The first-order chi connectivity index (χ1) is 14.8. The lowest BCUT2D eigenvalue weighted by molar-refractivity contribution is -0.141. The van der Waals surface area contributed by atoms with Crippen LogP contribution >= 0.6 is 0 Å². The Kier molecular flexibility index (Phi) is 7.51. The maximum atomic E-state index is 12.9. The molecule has 2 fully saturated rings. The molecule has 160 valence electrons. The maximum absolute atomic E-state index is 12.9. The molecule has 0 bridgehead atoms. The Morgan fingerprint density at radius 1 is 0.967 bits per heavy atom. The van der Waals surface area contributed by atoms with Crippen molar-refractivity contribution in [2.75, 3.05) is 52.5 Å². The van der Waals surface area contributed by atoms with Crippen molar-refractivity contribution in [3.8, 4) is 0 Å². The van der Waals surface area contributed by atoms with Crippen LogP contribution in [0.4, 0.5) is 0 Å². The summed E-state index contributed by atoms with van der Waals surface area (Å²) in [4.78, 5) is 17.2. The summed E-state index contributed by atoms with van der Waals surface area (Å²) in [5.41, 5.74) is 2.34. The lowest BCUT2D eigenvalue weighted by Crippen LogP contribution is -2.48. The quantitative estimate of drug-likeness (QED) is 0.705. The molecule has 0 saturated carbocycles. The molecule has 0 aromatic heterocycles. The summed E-state index contributed by atoms with van der Waals surface area (Å²) >= 11 is 0. The molecule has 2 heterocycles. The number of nitrogens with zero attached hydrogens (tertiary/aromatic N) is 2. The van der Waals surface area contributed by atoms with Gasteiger partial charge in [-0.25, -0.2) is 0 Å². The van der Waals surface area contributed by atoms with Crippen molar-refractivity contribution in [3.05, 3.63) is 71.8 Å². The van der Waals surface area contributed by atoms with Gasteiger partial charge in [-0.15, -0.1) is 0 Å². The van der Waals surface area contributed by atoms with E-state index in [-0.39, 0.29) is 12.0 Å². The van der Waals surface area contributed by atoms with E-state index < -0.39 is 0 Å². The van der Waals surface area contributed by atoms with Gasteiger partial charge in [0.1, 0.15) is 6.10 Å². The Hall–Kier alpha value is -2.21. The third-order valence-corrected chi connectivity index (χ3v) is 6.07. The number of ether oxygens (including phenoxy) is 2. The molecule has 30 heavy (non-hydrogen) atoms. The van der Waals surface area contributed by atoms with E-state index in [1.54, 1.807) is 0 Å². The summed E-state index contributed by atoms with van der Waals surface area (Å²) in [5.74, 6) is 0.409.